The van der Waals surface area contributed by atoms with Gasteiger partial charge in [-0.2, -0.15) is 0 Å². The third-order valence-corrected chi connectivity index (χ3v) is 2.92. The third-order valence-electron chi connectivity index (χ3n) is 2.92. The number of hydrogen-bond acceptors (Lipinski definition) is 3. The maximum absolute atomic E-state index is 5.87. The topological polar surface area (TPSA) is 34.1 Å². The van der Waals surface area contributed by atoms with Crippen molar-refractivity contribution in [2.45, 2.75) is 12.5 Å². The normalized spacial score (nSPS) is 18.1. The van der Waals surface area contributed by atoms with E-state index in [0.717, 1.165) is 24.0 Å². The number of nitrogens with one attached hydrogen (secondary N) is 1. The van der Waals surface area contributed by atoms with Crippen LogP contribution in [0.5, 0.6) is 5.88 Å². The first-order valence-electron chi connectivity index (χ1n) is 5.51. The second-order valence-electron chi connectivity index (χ2n) is 4.50. The summed E-state index contributed by atoms with van der Waals surface area (Å²) >= 11 is 0. The largest absolute Gasteiger partial charge is 0.469 e. The molecule has 1 aromatic carbocycles. The van der Waals surface area contributed by atoms with Crippen molar-refractivity contribution < 1.29 is 4.74 Å². The van der Waals surface area contributed by atoms with Crippen LogP contribution in [-0.2, 0) is 0 Å². The Morgan fingerprint density at radius 2 is 2.00 bits per heavy atom. The highest BCUT2D eigenvalue weighted by Gasteiger charge is 2.34. The Kier molecular flexibility index (Phi) is 2.07. The van der Waals surface area contributed by atoms with E-state index in [9.17, 15) is 0 Å². The van der Waals surface area contributed by atoms with Crippen molar-refractivity contribution in [1.82, 2.24) is 10.3 Å². The van der Waals surface area contributed by atoms with Gasteiger partial charge in [-0.3, -0.25) is 0 Å². The van der Waals surface area contributed by atoms with Crippen LogP contribution in [0.3, 0.4) is 0 Å². The molecule has 0 amide bonds. The molecule has 2 aromatic rings. The summed E-state index contributed by atoms with van der Waals surface area (Å²) in [4.78, 5) is 4.49. The van der Waals surface area contributed by atoms with Crippen LogP contribution in [0.4, 0.5) is 0 Å². The average Bonchev–Trinajstić information content (AvgIpc) is 2.27. The molecule has 3 heteroatoms. The molecule has 0 radical (unpaired) electrons. The van der Waals surface area contributed by atoms with Crippen molar-refractivity contribution in [3.05, 3.63) is 36.4 Å². The highest BCUT2D eigenvalue weighted by Crippen LogP contribution is 2.22. The summed E-state index contributed by atoms with van der Waals surface area (Å²) in [5, 5.41) is 4.35. The van der Waals surface area contributed by atoms with Gasteiger partial charge in [-0.1, -0.05) is 18.2 Å². The molecule has 0 aliphatic carbocycles. The standard InChI is InChI=1S/C13H14N2O/c1-13(8-14-9-13)16-12-7-6-10-4-2-3-5-11(10)15-12/h2-7,14H,8-9H2,1H3. The molecule has 3 rings (SSSR count). The second-order valence-corrected chi connectivity index (χ2v) is 4.50. The van der Waals surface area contributed by atoms with E-state index in [4.69, 9.17) is 4.74 Å². The number of rotatable bonds is 2. The minimum Gasteiger partial charge on any atom is -0.469 e. The Morgan fingerprint density at radius 1 is 1.19 bits per heavy atom. The third kappa shape index (κ3) is 1.63. The predicted octanol–water partition coefficient (Wildman–Crippen LogP) is 1.98. The van der Waals surface area contributed by atoms with Crippen molar-refractivity contribution >= 4 is 10.9 Å². The van der Waals surface area contributed by atoms with Crippen LogP contribution in [0.2, 0.25) is 0 Å². The van der Waals surface area contributed by atoms with E-state index in [0.29, 0.717) is 5.88 Å². The smallest absolute Gasteiger partial charge is 0.214 e. The van der Waals surface area contributed by atoms with Crippen molar-refractivity contribution in [3.8, 4) is 5.88 Å². The van der Waals surface area contributed by atoms with E-state index in [2.05, 4.69) is 23.3 Å². The fourth-order valence-corrected chi connectivity index (χ4v) is 1.91. The molecule has 0 saturated carbocycles. The number of aromatic nitrogens is 1. The Hall–Kier alpha value is -1.61. The zero-order chi connectivity index (χ0) is 11.0. The van der Waals surface area contributed by atoms with Crippen molar-refractivity contribution in [3.63, 3.8) is 0 Å². The lowest BCUT2D eigenvalue weighted by molar-refractivity contribution is 0.0308. The highest BCUT2D eigenvalue weighted by atomic mass is 16.5. The minimum absolute atomic E-state index is 0.0878. The van der Waals surface area contributed by atoms with Gasteiger partial charge in [0.1, 0.15) is 5.60 Å². The van der Waals surface area contributed by atoms with Crippen LogP contribution < -0.4 is 10.1 Å². The number of hydrogen-bond donors (Lipinski definition) is 1. The molecule has 1 aromatic heterocycles. The number of benzene rings is 1. The lowest BCUT2D eigenvalue weighted by Gasteiger charge is -2.38. The van der Waals surface area contributed by atoms with Crippen LogP contribution in [0, 0.1) is 0 Å². The molecule has 0 atom stereocenters. The van der Waals surface area contributed by atoms with Crippen LogP contribution in [0.25, 0.3) is 10.9 Å². The van der Waals surface area contributed by atoms with Crippen LogP contribution in [0.15, 0.2) is 36.4 Å². The van der Waals surface area contributed by atoms with Gasteiger partial charge in [0.25, 0.3) is 0 Å². The molecule has 1 fully saturated rings. The number of pyridine rings is 1. The summed E-state index contributed by atoms with van der Waals surface area (Å²) in [6.07, 6.45) is 0. The Labute approximate surface area is 94.5 Å². The first-order chi connectivity index (χ1) is 7.75. The molecule has 3 nitrogen and oxygen atoms in total. The highest BCUT2D eigenvalue weighted by molar-refractivity contribution is 5.78. The van der Waals surface area contributed by atoms with Gasteiger partial charge in [0.05, 0.1) is 5.52 Å². The fourth-order valence-electron chi connectivity index (χ4n) is 1.91. The Morgan fingerprint density at radius 3 is 2.75 bits per heavy atom. The molecule has 82 valence electrons. The number of ether oxygens (including phenoxy) is 1. The summed E-state index contributed by atoms with van der Waals surface area (Å²) in [5.41, 5.74) is 0.894. The van der Waals surface area contributed by atoms with Gasteiger partial charge in [-0.05, 0) is 19.1 Å². The molecule has 1 aliphatic heterocycles. The number of para-hydroxylation sites is 1. The zero-order valence-electron chi connectivity index (χ0n) is 9.23. The molecular weight excluding hydrogens is 200 g/mol. The average molecular weight is 214 g/mol. The summed E-state index contributed by atoms with van der Waals surface area (Å²) in [7, 11) is 0. The predicted molar refractivity (Wildman–Crippen MR) is 63.6 cm³/mol. The van der Waals surface area contributed by atoms with Gasteiger partial charge in [-0.25, -0.2) is 4.98 Å². The molecule has 1 N–H and O–H groups in total. The molecule has 2 heterocycles. The van der Waals surface area contributed by atoms with Gasteiger partial charge in [0.15, 0.2) is 0 Å². The monoisotopic (exact) mass is 214 g/mol. The first-order valence-corrected chi connectivity index (χ1v) is 5.51. The van der Waals surface area contributed by atoms with E-state index in [1.807, 2.05) is 30.3 Å². The Balaban J connectivity index is 1.93. The van der Waals surface area contributed by atoms with Gasteiger partial charge in [0.2, 0.25) is 5.88 Å². The van der Waals surface area contributed by atoms with E-state index in [1.165, 1.54) is 0 Å². The summed E-state index contributed by atoms with van der Waals surface area (Å²) in [6.45, 7) is 3.88. The van der Waals surface area contributed by atoms with Gasteiger partial charge >= 0.3 is 0 Å². The molecule has 0 spiro atoms. The first kappa shape index (κ1) is 9.60. The van der Waals surface area contributed by atoms with Crippen molar-refractivity contribution in [2.24, 2.45) is 0 Å². The minimum atomic E-state index is -0.0878. The number of nitrogens with zero attached hydrogens (tertiary/aromatic N) is 1. The lowest BCUT2D eigenvalue weighted by Crippen LogP contribution is -2.61. The Bertz CT molecular complexity index is 520. The molecule has 0 bridgehead atoms. The number of fused-ring (bicyclic) bond motifs is 1. The molecule has 16 heavy (non-hydrogen) atoms. The fraction of sp³-hybridized carbons (Fsp3) is 0.308. The molecular formula is C13H14N2O. The van der Waals surface area contributed by atoms with E-state index in [1.54, 1.807) is 0 Å². The van der Waals surface area contributed by atoms with Gasteiger partial charge in [-0.15, -0.1) is 0 Å². The molecule has 1 aliphatic rings. The van der Waals surface area contributed by atoms with E-state index < -0.39 is 0 Å². The van der Waals surface area contributed by atoms with Crippen LogP contribution in [-0.4, -0.2) is 23.7 Å². The van der Waals surface area contributed by atoms with Gasteiger partial charge < -0.3 is 10.1 Å². The summed E-state index contributed by atoms with van der Waals surface area (Å²) in [5.74, 6) is 0.711. The van der Waals surface area contributed by atoms with Crippen LogP contribution >= 0.6 is 0 Å². The van der Waals surface area contributed by atoms with Gasteiger partial charge in [0, 0.05) is 24.5 Å². The maximum Gasteiger partial charge on any atom is 0.214 e. The van der Waals surface area contributed by atoms with Crippen molar-refractivity contribution in [2.75, 3.05) is 13.1 Å². The van der Waals surface area contributed by atoms with Crippen LogP contribution in [0.1, 0.15) is 6.92 Å². The molecule has 1 saturated heterocycles. The van der Waals surface area contributed by atoms with Crippen molar-refractivity contribution in [1.29, 1.82) is 0 Å². The zero-order valence-corrected chi connectivity index (χ0v) is 9.23. The maximum atomic E-state index is 5.87. The quantitative estimate of drug-likeness (QED) is 0.830. The summed E-state index contributed by atoms with van der Waals surface area (Å²) < 4.78 is 5.87. The second kappa shape index (κ2) is 3.46. The lowest BCUT2D eigenvalue weighted by atomic mass is 10.0. The summed E-state index contributed by atoms with van der Waals surface area (Å²) in [6, 6.07) is 12.1. The van der Waals surface area contributed by atoms with E-state index >= 15 is 0 Å². The molecule has 0 unspecified atom stereocenters. The SMILES string of the molecule is CC1(Oc2ccc3ccccc3n2)CNC1. The van der Waals surface area contributed by atoms with E-state index in [-0.39, 0.29) is 5.60 Å².